The number of carbonyl (C=O) groups is 1. The minimum atomic E-state index is -0.0216. The molecule has 4 heteroatoms. The van der Waals surface area contributed by atoms with Gasteiger partial charge in [-0.3, -0.25) is 0 Å². The van der Waals surface area contributed by atoms with Crippen molar-refractivity contribution in [2.45, 2.75) is 39.5 Å². The van der Waals surface area contributed by atoms with Crippen LogP contribution in [0.25, 0.3) is 0 Å². The van der Waals surface area contributed by atoms with Crippen LogP contribution in [0.5, 0.6) is 0 Å². The van der Waals surface area contributed by atoms with Crippen LogP contribution >= 0.6 is 0 Å². The second-order valence-corrected chi connectivity index (χ2v) is 5.10. The van der Waals surface area contributed by atoms with Gasteiger partial charge in [-0.15, -0.1) is 0 Å². The Balaban J connectivity index is 2.01. The van der Waals surface area contributed by atoms with Gasteiger partial charge in [-0.05, 0) is 38.3 Å². The zero-order chi connectivity index (χ0) is 12.5. The first kappa shape index (κ1) is 14.3. The van der Waals surface area contributed by atoms with Crippen LogP contribution in [0, 0.1) is 5.92 Å². The first-order valence-electron chi connectivity index (χ1n) is 6.96. The highest BCUT2D eigenvalue weighted by atomic mass is 16.2. The molecule has 2 N–H and O–H groups in total. The number of amides is 2. The van der Waals surface area contributed by atoms with Gasteiger partial charge in [0.15, 0.2) is 0 Å². The van der Waals surface area contributed by atoms with E-state index in [1.807, 2.05) is 0 Å². The molecule has 1 heterocycles. The van der Waals surface area contributed by atoms with Gasteiger partial charge in [0.05, 0.1) is 0 Å². The van der Waals surface area contributed by atoms with Crippen LogP contribution in [0.3, 0.4) is 0 Å². The van der Waals surface area contributed by atoms with Gasteiger partial charge in [-0.2, -0.15) is 0 Å². The second-order valence-electron chi connectivity index (χ2n) is 5.10. The Labute approximate surface area is 105 Å². The summed E-state index contributed by atoms with van der Waals surface area (Å²) in [7, 11) is 0. The molecular formula is C13H27N3O. The minimum absolute atomic E-state index is 0.0216. The molecule has 1 rings (SSSR count). The van der Waals surface area contributed by atoms with Crippen LogP contribution < -0.4 is 10.6 Å². The predicted molar refractivity (Wildman–Crippen MR) is 71.1 cm³/mol. The van der Waals surface area contributed by atoms with E-state index in [0.29, 0.717) is 5.92 Å². The van der Waals surface area contributed by atoms with Crippen molar-refractivity contribution in [2.75, 3.05) is 32.7 Å². The number of rotatable bonds is 7. The normalized spacial score (nSPS) is 18.0. The molecule has 0 radical (unpaired) electrons. The number of hydrogen-bond donors (Lipinski definition) is 2. The SMILES string of the molecule is CCCCNC(=O)NCC(C)CN1CCCC1. The molecule has 4 nitrogen and oxygen atoms in total. The molecule has 1 aliphatic rings. The molecule has 17 heavy (non-hydrogen) atoms. The molecule has 1 aliphatic heterocycles. The summed E-state index contributed by atoms with van der Waals surface area (Å²) in [5.41, 5.74) is 0. The Kier molecular flexibility index (Phi) is 7.01. The first-order chi connectivity index (χ1) is 8.22. The van der Waals surface area contributed by atoms with Gasteiger partial charge in [-0.1, -0.05) is 20.3 Å². The third-order valence-electron chi connectivity index (χ3n) is 3.20. The van der Waals surface area contributed by atoms with Crippen LogP contribution in [0.2, 0.25) is 0 Å². The van der Waals surface area contributed by atoms with Gasteiger partial charge in [0.25, 0.3) is 0 Å². The Hall–Kier alpha value is -0.770. The summed E-state index contributed by atoms with van der Waals surface area (Å²) < 4.78 is 0. The van der Waals surface area contributed by atoms with Crippen LogP contribution in [-0.2, 0) is 0 Å². The van der Waals surface area contributed by atoms with E-state index in [1.54, 1.807) is 0 Å². The van der Waals surface area contributed by atoms with Gasteiger partial charge in [-0.25, -0.2) is 4.79 Å². The van der Waals surface area contributed by atoms with E-state index in [1.165, 1.54) is 25.9 Å². The maximum Gasteiger partial charge on any atom is 0.314 e. The minimum Gasteiger partial charge on any atom is -0.338 e. The van der Waals surface area contributed by atoms with Gasteiger partial charge in [0.2, 0.25) is 0 Å². The first-order valence-corrected chi connectivity index (χ1v) is 6.96. The summed E-state index contributed by atoms with van der Waals surface area (Å²) in [6, 6.07) is -0.0216. The molecule has 0 aromatic heterocycles. The molecule has 1 atom stereocenters. The summed E-state index contributed by atoms with van der Waals surface area (Å²) in [4.78, 5) is 13.9. The highest BCUT2D eigenvalue weighted by Gasteiger charge is 2.14. The van der Waals surface area contributed by atoms with Crippen molar-refractivity contribution in [1.82, 2.24) is 15.5 Å². The maximum absolute atomic E-state index is 11.4. The predicted octanol–water partition coefficient (Wildman–Crippen LogP) is 1.82. The van der Waals surface area contributed by atoms with Crippen molar-refractivity contribution in [3.05, 3.63) is 0 Å². The largest absolute Gasteiger partial charge is 0.338 e. The van der Waals surface area contributed by atoms with Crippen molar-refractivity contribution in [2.24, 2.45) is 5.92 Å². The smallest absolute Gasteiger partial charge is 0.314 e. The summed E-state index contributed by atoms with van der Waals surface area (Å²) in [6.45, 7) is 9.44. The molecule has 100 valence electrons. The van der Waals surface area contributed by atoms with E-state index in [0.717, 1.165) is 32.5 Å². The molecular weight excluding hydrogens is 214 g/mol. The van der Waals surface area contributed by atoms with E-state index >= 15 is 0 Å². The Morgan fingerprint density at radius 3 is 2.65 bits per heavy atom. The quantitative estimate of drug-likeness (QED) is 0.668. The third kappa shape index (κ3) is 6.51. The molecule has 1 fully saturated rings. The number of unbranched alkanes of at least 4 members (excludes halogenated alkanes) is 1. The number of hydrogen-bond acceptors (Lipinski definition) is 2. The van der Waals surface area contributed by atoms with Crippen LogP contribution in [0.4, 0.5) is 4.79 Å². The van der Waals surface area contributed by atoms with Crippen LogP contribution in [0.15, 0.2) is 0 Å². The van der Waals surface area contributed by atoms with Crippen LogP contribution in [-0.4, -0.2) is 43.7 Å². The van der Waals surface area contributed by atoms with E-state index < -0.39 is 0 Å². The molecule has 0 aromatic carbocycles. The summed E-state index contributed by atoms with van der Waals surface area (Å²) >= 11 is 0. The number of nitrogens with one attached hydrogen (secondary N) is 2. The Morgan fingerprint density at radius 2 is 2.00 bits per heavy atom. The average molecular weight is 241 g/mol. The van der Waals surface area contributed by atoms with E-state index in [2.05, 4.69) is 29.4 Å². The summed E-state index contributed by atoms with van der Waals surface area (Å²) in [5, 5.41) is 5.81. The molecule has 2 amide bonds. The summed E-state index contributed by atoms with van der Waals surface area (Å²) in [6.07, 6.45) is 4.83. The lowest BCUT2D eigenvalue weighted by atomic mass is 10.1. The third-order valence-corrected chi connectivity index (χ3v) is 3.20. The number of likely N-dealkylation sites (tertiary alicyclic amines) is 1. The second kappa shape index (κ2) is 8.34. The van der Waals surface area contributed by atoms with Gasteiger partial charge in [0, 0.05) is 19.6 Å². The number of urea groups is 1. The molecule has 0 spiro atoms. The zero-order valence-corrected chi connectivity index (χ0v) is 11.3. The topological polar surface area (TPSA) is 44.4 Å². The monoisotopic (exact) mass is 241 g/mol. The molecule has 0 aliphatic carbocycles. The highest BCUT2D eigenvalue weighted by molar-refractivity contribution is 5.73. The lowest BCUT2D eigenvalue weighted by molar-refractivity contribution is 0.235. The fourth-order valence-electron chi connectivity index (χ4n) is 2.18. The lowest BCUT2D eigenvalue weighted by Crippen LogP contribution is -2.40. The standard InChI is InChI=1S/C13H27N3O/c1-3-4-7-14-13(17)15-10-12(2)11-16-8-5-6-9-16/h12H,3-11H2,1-2H3,(H2,14,15,17). The van der Waals surface area contributed by atoms with Gasteiger partial charge < -0.3 is 15.5 Å². The van der Waals surface area contributed by atoms with Crippen molar-refractivity contribution < 1.29 is 4.79 Å². The Morgan fingerprint density at radius 1 is 1.29 bits per heavy atom. The zero-order valence-electron chi connectivity index (χ0n) is 11.3. The van der Waals surface area contributed by atoms with E-state index in [-0.39, 0.29) is 6.03 Å². The molecule has 0 saturated carbocycles. The van der Waals surface area contributed by atoms with E-state index in [9.17, 15) is 4.79 Å². The molecule has 0 aromatic rings. The number of carbonyl (C=O) groups excluding carboxylic acids is 1. The lowest BCUT2D eigenvalue weighted by Gasteiger charge is -2.20. The van der Waals surface area contributed by atoms with Gasteiger partial charge >= 0.3 is 6.03 Å². The molecule has 1 saturated heterocycles. The molecule has 1 unspecified atom stereocenters. The fourth-order valence-corrected chi connectivity index (χ4v) is 2.18. The number of nitrogens with zero attached hydrogens (tertiary/aromatic N) is 1. The van der Waals surface area contributed by atoms with Gasteiger partial charge in [0.1, 0.15) is 0 Å². The summed E-state index contributed by atoms with van der Waals surface area (Å²) in [5.74, 6) is 0.532. The van der Waals surface area contributed by atoms with Crippen molar-refractivity contribution in [3.63, 3.8) is 0 Å². The van der Waals surface area contributed by atoms with Crippen molar-refractivity contribution in [3.8, 4) is 0 Å². The average Bonchev–Trinajstić information content (AvgIpc) is 2.79. The highest BCUT2D eigenvalue weighted by Crippen LogP contribution is 2.09. The van der Waals surface area contributed by atoms with Crippen LogP contribution in [0.1, 0.15) is 39.5 Å². The molecule has 0 bridgehead atoms. The fraction of sp³-hybridized carbons (Fsp3) is 0.923. The van der Waals surface area contributed by atoms with E-state index in [4.69, 9.17) is 0 Å². The van der Waals surface area contributed by atoms with Crippen molar-refractivity contribution >= 4 is 6.03 Å². The maximum atomic E-state index is 11.4. The van der Waals surface area contributed by atoms with Crippen molar-refractivity contribution in [1.29, 1.82) is 0 Å². The Bertz CT molecular complexity index is 215.